The molecular formula is C11H12N4O2S. The number of hydrazine groups is 1. The van der Waals surface area contributed by atoms with Crippen LogP contribution in [0.2, 0.25) is 0 Å². The van der Waals surface area contributed by atoms with Crippen molar-refractivity contribution in [2.75, 3.05) is 5.73 Å². The van der Waals surface area contributed by atoms with Gasteiger partial charge in [0.2, 0.25) is 0 Å². The van der Waals surface area contributed by atoms with Crippen molar-refractivity contribution in [2.45, 2.75) is 10.6 Å². The molecule has 7 heteroatoms. The molecule has 6 nitrogen and oxygen atoms in total. The summed E-state index contributed by atoms with van der Waals surface area (Å²) in [5, 5.41) is 0. The maximum absolute atomic E-state index is 11.4. The first-order valence-electron chi connectivity index (χ1n) is 5.12. The summed E-state index contributed by atoms with van der Waals surface area (Å²) in [5.74, 6) is 5.41. The third kappa shape index (κ3) is 2.63. The SMILES string of the molecule is NNC(=O)c1occc1CSc1ccncc1N. The van der Waals surface area contributed by atoms with Crippen molar-refractivity contribution in [1.29, 1.82) is 0 Å². The molecule has 5 N–H and O–H groups in total. The quantitative estimate of drug-likeness (QED) is 0.331. The number of aromatic nitrogens is 1. The van der Waals surface area contributed by atoms with Crippen molar-refractivity contribution in [3.8, 4) is 0 Å². The van der Waals surface area contributed by atoms with Gasteiger partial charge in [0, 0.05) is 22.4 Å². The lowest BCUT2D eigenvalue weighted by Gasteiger charge is -2.04. The zero-order valence-electron chi connectivity index (χ0n) is 9.42. The van der Waals surface area contributed by atoms with Crippen LogP contribution in [0.3, 0.4) is 0 Å². The van der Waals surface area contributed by atoms with Gasteiger partial charge < -0.3 is 10.2 Å². The van der Waals surface area contributed by atoms with E-state index in [1.165, 1.54) is 18.0 Å². The molecule has 0 aromatic carbocycles. The summed E-state index contributed by atoms with van der Waals surface area (Å²) in [6, 6.07) is 3.55. The molecule has 0 aliphatic heterocycles. The number of rotatable bonds is 4. The van der Waals surface area contributed by atoms with Gasteiger partial charge in [0.15, 0.2) is 5.76 Å². The number of carbonyl (C=O) groups is 1. The fourth-order valence-electron chi connectivity index (χ4n) is 1.39. The van der Waals surface area contributed by atoms with Crippen molar-refractivity contribution < 1.29 is 9.21 Å². The first-order chi connectivity index (χ1) is 8.72. The van der Waals surface area contributed by atoms with Crippen molar-refractivity contribution in [2.24, 2.45) is 5.84 Å². The number of furan rings is 1. The molecular weight excluding hydrogens is 252 g/mol. The maximum atomic E-state index is 11.4. The minimum absolute atomic E-state index is 0.220. The van der Waals surface area contributed by atoms with E-state index in [4.69, 9.17) is 16.0 Å². The molecule has 94 valence electrons. The van der Waals surface area contributed by atoms with E-state index in [1.54, 1.807) is 18.5 Å². The number of nitrogens with one attached hydrogen (secondary N) is 1. The Kier molecular flexibility index (Phi) is 3.85. The fraction of sp³-hybridized carbons (Fsp3) is 0.0909. The minimum atomic E-state index is -0.446. The zero-order valence-corrected chi connectivity index (χ0v) is 10.2. The molecule has 2 aromatic heterocycles. The van der Waals surface area contributed by atoms with Gasteiger partial charge in [0.05, 0.1) is 18.1 Å². The number of nitrogens with zero attached hydrogens (tertiary/aromatic N) is 1. The topological polar surface area (TPSA) is 107 Å². The summed E-state index contributed by atoms with van der Waals surface area (Å²) in [6.45, 7) is 0. The Morgan fingerprint density at radius 2 is 2.33 bits per heavy atom. The standard InChI is InChI=1S/C11H12N4O2S/c12-8-5-14-3-1-9(8)18-6-7-2-4-17-10(7)11(16)15-13/h1-5H,6,12-13H2,(H,15,16). The lowest BCUT2D eigenvalue weighted by atomic mass is 10.3. The number of nitrogens with two attached hydrogens (primary N) is 2. The molecule has 2 heterocycles. The largest absolute Gasteiger partial charge is 0.459 e. The maximum Gasteiger partial charge on any atom is 0.301 e. The van der Waals surface area contributed by atoms with Gasteiger partial charge in [0.1, 0.15) is 0 Å². The Balaban J connectivity index is 2.09. The monoisotopic (exact) mass is 264 g/mol. The second-order valence-electron chi connectivity index (χ2n) is 3.45. The first kappa shape index (κ1) is 12.5. The van der Waals surface area contributed by atoms with Crippen molar-refractivity contribution >= 4 is 23.4 Å². The molecule has 0 fully saturated rings. The fourth-order valence-corrected chi connectivity index (χ4v) is 2.31. The lowest BCUT2D eigenvalue weighted by molar-refractivity contribution is 0.0925. The van der Waals surface area contributed by atoms with Gasteiger partial charge in [-0.15, -0.1) is 11.8 Å². The predicted molar refractivity (Wildman–Crippen MR) is 68.6 cm³/mol. The number of hydrogen-bond acceptors (Lipinski definition) is 6. The van der Waals surface area contributed by atoms with Gasteiger partial charge in [0.25, 0.3) is 0 Å². The van der Waals surface area contributed by atoms with E-state index in [-0.39, 0.29) is 5.76 Å². The van der Waals surface area contributed by atoms with Crippen LogP contribution in [0, 0.1) is 0 Å². The molecule has 0 radical (unpaired) electrons. The van der Waals surface area contributed by atoms with Gasteiger partial charge >= 0.3 is 5.91 Å². The molecule has 2 aromatic rings. The van der Waals surface area contributed by atoms with Crippen LogP contribution in [0.5, 0.6) is 0 Å². The zero-order chi connectivity index (χ0) is 13.0. The lowest BCUT2D eigenvalue weighted by Crippen LogP contribution is -2.30. The Morgan fingerprint density at radius 3 is 3.06 bits per heavy atom. The van der Waals surface area contributed by atoms with Crippen LogP contribution in [0.25, 0.3) is 0 Å². The van der Waals surface area contributed by atoms with Crippen LogP contribution in [-0.2, 0) is 5.75 Å². The van der Waals surface area contributed by atoms with E-state index in [2.05, 4.69) is 4.98 Å². The van der Waals surface area contributed by atoms with E-state index < -0.39 is 5.91 Å². The average molecular weight is 264 g/mol. The third-order valence-corrected chi connectivity index (χ3v) is 3.42. The molecule has 0 bridgehead atoms. The number of thioether (sulfide) groups is 1. The van der Waals surface area contributed by atoms with Gasteiger partial charge in [-0.2, -0.15) is 0 Å². The van der Waals surface area contributed by atoms with Crippen LogP contribution in [-0.4, -0.2) is 10.9 Å². The summed E-state index contributed by atoms with van der Waals surface area (Å²) in [4.78, 5) is 16.2. The molecule has 0 atom stereocenters. The first-order valence-corrected chi connectivity index (χ1v) is 6.10. The predicted octanol–water partition coefficient (Wildman–Crippen LogP) is 1.15. The van der Waals surface area contributed by atoms with E-state index in [0.29, 0.717) is 11.4 Å². The molecule has 0 aliphatic carbocycles. The summed E-state index contributed by atoms with van der Waals surface area (Å²) < 4.78 is 5.09. The highest BCUT2D eigenvalue weighted by atomic mass is 32.2. The Labute approximate surface area is 108 Å². The van der Waals surface area contributed by atoms with Crippen LogP contribution < -0.4 is 17.0 Å². The molecule has 0 saturated carbocycles. The van der Waals surface area contributed by atoms with Gasteiger partial charge in [-0.05, 0) is 12.1 Å². The number of hydrogen-bond donors (Lipinski definition) is 3. The number of pyridine rings is 1. The number of anilines is 1. The van der Waals surface area contributed by atoms with Crippen molar-refractivity contribution in [3.05, 3.63) is 42.1 Å². The van der Waals surface area contributed by atoms with Crippen LogP contribution in [0.15, 0.2) is 40.1 Å². The molecule has 1 amide bonds. The van der Waals surface area contributed by atoms with Crippen LogP contribution >= 0.6 is 11.8 Å². The van der Waals surface area contributed by atoms with Gasteiger partial charge in [-0.3, -0.25) is 15.2 Å². The van der Waals surface area contributed by atoms with Gasteiger partial charge in [-0.1, -0.05) is 0 Å². The number of nitrogen functional groups attached to an aromatic ring is 2. The molecule has 0 unspecified atom stereocenters. The van der Waals surface area contributed by atoms with Crippen molar-refractivity contribution in [3.63, 3.8) is 0 Å². The molecule has 0 saturated heterocycles. The van der Waals surface area contributed by atoms with Crippen LogP contribution in [0.4, 0.5) is 5.69 Å². The Bertz CT molecular complexity index is 555. The third-order valence-electron chi connectivity index (χ3n) is 2.28. The van der Waals surface area contributed by atoms with E-state index in [1.807, 2.05) is 11.5 Å². The molecule has 0 aliphatic rings. The summed E-state index contributed by atoms with van der Waals surface area (Å²) >= 11 is 1.50. The second-order valence-corrected chi connectivity index (χ2v) is 4.47. The highest BCUT2D eigenvalue weighted by Crippen LogP contribution is 2.28. The van der Waals surface area contributed by atoms with E-state index >= 15 is 0 Å². The van der Waals surface area contributed by atoms with Crippen LogP contribution in [0.1, 0.15) is 16.1 Å². The summed E-state index contributed by atoms with van der Waals surface area (Å²) in [7, 11) is 0. The minimum Gasteiger partial charge on any atom is -0.459 e. The Morgan fingerprint density at radius 1 is 1.50 bits per heavy atom. The van der Waals surface area contributed by atoms with E-state index in [0.717, 1.165) is 10.5 Å². The highest BCUT2D eigenvalue weighted by Gasteiger charge is 2.14. The number of amides is 1. The number of carbonyl (C=O) groups excluding carboxylic acids is 1. The smallest absolute Gasteiger partial charge is 0.301 e. The summed E-state index contributed by atoms with van der Waals surface area (Å²) in [6.07, 6.45) is 4.71. The molecule has 0 spiro atoms. The average Bonchev–Trinajstić information content (AvgIpc) is 2.85. The summed E-state index contributed by atoms with van der Waals surface area (Å²) in [5.41, 5.74) is 9.19. The van der Waals surface area contributed by atoms with Crippen molar-refractivity contribution in [1.82, 2.24) is 10.4 Å². The van der Waals surface area contributed by atoms with E-state index in [9.17, 15) is 4.79 Å². The Hall–Kier alpha value is -1.99. The molecule has 2 rings (SSSR count). The molecule has 18 heavy (non-hydrogen) atoms. The second kappa shape index (κ2) is 5.56. The van der Waals surface area contributed by atoms with Gasteiger partial charge in [-0.25, -0.2) is 5.84 Å². The highest BCUT2D eigenvalue weighted by molar-refractivity contribution is 7.98. The normalized spacial score (nSPS) is 10.3.